The van der Waals surface area contributed by atoms with Crippen LogP contribution in [0.5, 0.6) is 0 Å². The first kappa shape index (κ1) is 24.7. The molecule has 0 saturated carbocycles. The molecule has 168 valence electrons. The Labute approximate surface area is 187 Å². The average molecular weight is 436 g/mol. The number of rotatable bonds is 4. The van der Waals surface area contributed by atoms with E-state index in [0.29, 0.717) is 11.0 Å². The van der Waals surface area contributed by atoms with Crippen LogP contribution in [0.2, 0.25) is 0 Å². The van der Waals surface area contributed by atoms with Crippen LogP contribution >= 0.6 is 12.4 Å². The number of amides is 2. The number of nitrogens with zero attached hydrogens (tertiary/aromatic N) is 1. The molecule has 3 rings (SSSR count). The van der Waals surface area contributed by atoms with Gasteiger partial charge in [0.1, 0.15) is 6.04 Å². The molecule has 2 N–H and O–H groups in total. The minimum atomic E-state index is -0.486. The number of carbonyl (C=O) groups is 2. The van der Waals surface area contributed by atoms with Crippen LogP contribution in [0.3, 0.4) is 0 Å². The Morgan fingerprint density at radius 3 is 2.13 bits per heavy atom. The first-order valence-electron chi connectivity index (χ1n) is 11.0. The monoisotopic (exact) mass is 435 g/mol. The number of benzene rings is 1. The third-order valence-electron chi connectivity index (χ3n) is 6.70. The van der Waals surface area contributed by atoms with E-state index in [1.54, 1.807) is 0 Å². The van der Waals surface area contributed by atoms with Crippen molar-refractivity contribution in [3.05, 3.63) is 35.4 Å². The van der Waals surface area contributed by atoms with Gasteiger partial charge >= 0.3 is 0 Å². The van der Waals surface area contributed by atoms with Crippen LogP contribution < -0.4 is 10.6 Å². The highest BCUT2D eigenvalue weighted by Crippen LogP contribution is 2.37. The van der Waals surface area contributed by atoms with E-state index >= 15 is 0 Å². The fraction of sp³-hybridized carbons (Fsp3) is 0.667. The lowest BCUT2D eigenvalue weighted by Gasteiger charge is -2.40. The molecular formula is C24H38ClN3O2. The normalized spacial score (nSPS) is 19.5. The molecule has 1 spiro atoms. The van der Waals surface area contributed by atoms with E-state index in [4.69, 9.17) is 0 Å². The minimum Gasteiger partial charge on any atom is -0.341 e. The van der Waals surface area contributed by atoms with Gasteiger partial charge in [-0.2, -0.15) is 0 Å². The maximum absolute atomic E-state index is 13.2. The van der Waals surface area contributed by atoms with Gasteiger partial charge in [0.25, 0.3) is 5.91 Å². The van der Waals surface area contributed by atoms with E-state index in [2.05, 4.69) is 31.4 Å². The Hall–Kier alpha value is -1.59. The number of hydrogen-bond donors (Lipinski definition) is 2. The fourth-order valence-corrected chi connectivity index (χ4v) is 4.48. The first-order chi connectivity index (χ1) is 13.6. The van der Waals surface area contributed by atoms with Crippen molar-refractivity contribution < 1.29 is 9.59 Å². The summed E-state index contributed by atoms with van der Waals surface area (Å²) in [5, 5.41) is 6.47. The molecule has 1 unspecified atom stereocenters. The standard InChI is InChI=1S/C24H37N3O2.ClH/c1-17(2)20(22(29)27-14-11-24(12-15-27)10-13-25-16-24)26-21(28)18-6-8-19(9-7-18)23(3,4)5;/h6-9,17,20,25H,10-16H2,1-5H3,(H,26,28);1H. The van der Waals surface area contributed by atoms with E-state index in [1.807, 2.05) is 43.0 Å². The van der Waals surface area contributed by atoms with Crippen LogP contribution in [-0.2, 0) is 10.2 Å². The van der Waals surface area contributed by atoms with Crippen molar-refractivity contribution in [3.8, 4) is 0 Å². The molecule has 30 heavy (non-hydrogen) atoms. The van der Waals surface area contributed by atoms with Crippen molar-refractivity contribution in [1.82, 2.24) is 15.5 Å². The van der Waals surface area contributed by atoms with Crippen LogP contribution in [0.4, 0.5) is 0 Å². The van der Waals surface area contributed by atoms with Gasteiger partial charge in [0, 0.05) is 25.2 Å². The number of likely N-dealkylation sites (tertiary alicyclic amines) is 1. The third-order valence-corrected chi connectivity index (χ3v) is 6.70. The van der Waals surface area contributed by atoms with Crippen molar-refractivity contribution >= 4 is 24.2 Å². The quantitative estimate of drug-likeness (QED) is 0.756. The molecule has 1 aromatic rings. The average Bonchev–Trinajstić information content (AvgIpc) is 3.13. The highest BCUT2D eigenvalue weighted by molar-refractivity contribution is 5.97. The van der Waals surface area contributed by atoms with Crippen molar-refractivity contribution in [2.75, 3.05) is 26.2 Å². The maximum atomic E-state index is 13.2. The van der Waals surface area contributed by atoms with Gasteiger partial charge in [-0.05, 0) is 60.3 Å². The molecule has 0 radical (unpaired) electrons. The molecule has 2 aliphatic rings. The maximum Gasteiger partial charge on any atom is 0.251 e. The Morgan fingerprint density at radius 1 is 1.07 bits per heavy atom. The van der Waals surface area contributed by atoms with Crippen LogP contribution in [0.15, 0.2) is 24.3 Å². The molecular weight excluding hydrogens is 398 g/mol. The van der Waals surface area contributed by atoms with E-state index in [1.165, 1.54) is 12.0 Å². The third kappa shape index (κ3) is 5.55. The molecule has 1 aromatic carbocycles. The van der Waals surface area contributed by atoms with Crippen LogP contribution in [0.25, 0.3) is 0 Å². The summed E-state index contributed by atoms with van der Waals surface area (Å²) in [6.07, 6.45) is 3.32. The number of halogens is 1. The molecule has 2 heterocycles. The smallest absolute Gasteiger partial charge is 0.251 e. The summed E-state index contributed by atoms with van der Waals surface area (Å²) < 4.78 is 0. The topological polar surface area (TPSA) is 61.4 Å². The molecule has 2 amide bonds. The largest absolute Gasteiger partial charge is 0.341 e. The Kier molecular flexibility index (Phi) is 7.97. The van der Waals surface area contributed by atoms with Crippen LogP contribution in [0.1, 0.15) is 69.8 Å². The van der Waals surface area contributed by atoms with Gasteiger partial charge in [-0.15, -0.1) is 12.4 Å². The van der Waals surface area contributed by atoms with Gasteiger partial charge in [0.2, 0.25) is 5.91 Å². The van der Waals surface area contributed by atoms with Gasteiger partial charge < -0.3 is 15.5 Å². The predicted molar refractivity (Wildman–Crippen MR) is 124 cm³/mol. The van der Waals surface area contributed by atoms with Gasteiger partial charge in [0.05, 0.1) is 0 Å². The van der Waals surface area contributed by atoms with Crippen molar-refractivity contribution in [2.45, 2.75) is 65.3 Å². The minimum absolute atomic E-state index is 0. The SMILES string of the molecule is CC(C)C(NC(=O)c1ccc(C(C)(C)C)cc1)C(=O)N1CCC2(CCNC2)CC1.Cl. The van der Waals surface area contributed by atoms with Crippen molar-refractivity contribution in [1.29, 1.82) is 0 Å². The summed E-state index contributed by atoms with van der Waals surface area (Å²) in [6, 6.07) is 7.23. The summed E-state index contributed by atoms with van der Waals surface area (Å²) in [6.45, 7) is 14.2. The lowest BCUT2D eigenvalue weighted by molar-refractivity contribution is -0.136. The molecule has 0 aromatic heterocycles. The number of nitrogens with one attached hydrogen (secondary N) is 2. The molecule has 2 saturated heterocycles. The van der Waals surface area contributed by atoms with E-state index in [0.717, 1.165) is 39.0 Å². The summed E-state index contributed by atoms with van der Waals surface area (Å²) in [5.41, 5.74) is 2.22. The molecule has 2 aliphatic heterocycles. The molecule has 6 heteroatoms. The fourth-order valence-electron chi connectivity index (χ4n) is 4.48. The molecule has 1 atom stereocenters. The molecule has 5 nitrogen and oxygen atoms in total. The predicted octanol–water partition coefficient (Wildman–Crippen LogP) is 3.76. The van der Waals surface area contributed by atoms with Crippen LogP contribution in [-0.4, -0.2) is 48.9 Å². The molecule has 0 aliphatic carbocycles. The summed E-state index contributed by atoms with van der Waals surface area (Å²) in [5.74, 6) is -0.0734. The van der Waals surface area contributed by atoms with Crippen molar-refractivity contribution in [2.24, 2.45) is 11.3 Å². The summed E-state index contributed by atoms with van der Waals surface area (Å²) in [4.78, 5) is 28.0. The second kappa shape index (κ2) is 9.69. The van der Waals surface area contributed by atoms with Crippen LogP contribution in [0, 0.1) is 11.3 Å². The van der Waals surface area contributed by atoms with Crippen molar-refractivity contribution in [3.63, 3.8) is 0 Å². The Morgan fingerprint density at radius 2 is 1.67 bits per heavy atom. The summed E-state index contributed by atoms with van der Waals surface area (Å²) in [7, 11) is 0. The lowest BCUT2D eigenvalue weighted by atomic mass is 9.77. The Balaban J connectivity index is 0.00000320. The van der Waals surface area contributed by atoms with E-state index < -0.39 is 6.04 Å². The highest BCUT2D eigenvalue weighted by atomic mass is 35.5. The van der Waals surface area contributed by atoms with E-state index in [9.17, 15) is 9.59 Å². The molecule has 2 fully saturated rings. The highest BCUT2D eigenvalue weighted by Gasteiger charge is 2.39. The molecule has 0 bridgehead atoms. The Bertz CT molecular complexity index is 724. The van der Waals surface area contributed by atoms with Gasteiger partial charge in [-0.3, -0.25) is 9.59 Å². The van der Waals surface area contributed by atoms with Gasteiger partial charge in [0.15, 0.2) is 0 Å². The zero-order valence-corrected chi connectivity index (χ0v) is 19.9. The van der Waals surface area contributed by atoms with Gasteiger partial charge in [-0.1, -0.05) is 46.8 Å². The lowest BCUT2D eigenvalue weighted by Crippen LogP contribution is -2.54. The number of hydrogen-bond acceptors (Lipinski definition) is 3. The number of piperidine rings is 1. The van der Waals surface area contributed by atoms with Gasteiger partial charge in [-0.25, -0.2) is 0 Å². The zero-order valence-electron chi connectivity index (χ0n) is 19.1. The zero-order chi connectivity index (χ0) is 21.2. The number of carbonyl (C=O) groups excluding carboxylic acids is 2. The van der Waals surface area contributed by atoms with E-state index in [-0.39, 0.29) is 35.6 Å². The summed E-state index contributed by atoms with van der Waals surface area (Å²) >= 11 is 0. The first-order valence-corrected chi connectivity index (χ1v) is 11.0. The second-order valence-corrected chi connectivity index (χ2v) is 10.3. The second-order valence-electron chi connectivity index (χ2n) is 10.3.